The fraction of sp³-hybridized carbons (Fsp3) is 0.321. The number of ether oxygens (including phenoxy) is 2. The molecule has 0 radical (unpaired) electrons. The second-order valence-electron chi connectivity index (χ2n) is 9.55. The standard InChI is InChI=1S/C28H25ClF5N3O5/c29-18-4-1-16-9-17(28(32,33)34)13-42-23-12-37(25(38)11-21(23)20(16)10-18)22(7-8-41-14-24(30)31)27(40)36-19-5-2-15(3-6-19)26(35)39/h1-6,10-12,17,22,24H,7-9,13-14H2,(H2,35,39)(H,36,40)/t17-,22?/m1/s1. The Morgan fingerprint density at radius 1 is 1.12 bits per heavy atom. The third-order valence-corrected chi connectivity index (χ3v) is 6.87. The average molecular weight is 614 g/mol. The van der Waals surface area contributed by atoms with E-state index in [1.807, 2.05) is 0 Å². The van der Waals surface area contributed by atoms with Crippen molar-refractivity contribution in [3.8, 4) is 16.9 Å². The lowest BCUT2D eigenvalue weighted by atomic mass is 9.91. The maximum atomic E-state index is 13.8. The summed E-state index contributed by atoms with van der Waals surface area (Å²) in [7, 11) is 0. The summed E-state index contributed by atoms with van der Waals surface area (Å²) in [5.74, 6) is -3.42. The number of anilines is 1. The predicted molar refractivity (Wildman–Crippen MR) is 144 cm³/mol. The summed E-state index contributed by atoms with van der Waals surface area (Å²) >= 11 is 6.13. The van der Waals surface area contributed by atoms with Crippen molar-refractivity contribution in [2.45, 2.75) is 31.5 Å². The minimum atomic E-state index is -4.59. The normalized spacial score (nSPS) is 15.5. The van der Waals surface area contributed by atoms with E-state index in [-0.39, 0.29) is 46.2 Å². The van der Waals surface area contributed by atoms with Crippen LogP contribution in [0.25, 0.3) is 11.1 Å². The van der Waals surface area contributed by atoms with Crippen LogP contribution in [0.4, 0.5) is 27.6 Å². The zero-order chi connectivity index (χ0) is 30.6. The molecule has 0 fully saturated rings. The molecule has 2 atom stereocenters. The van der Waals surface area contributed by atoms with Gasteiger partial charge in [-0.15, -0.1) is 0 Å². The monoisotopic (exact) mass is 613 g/mol. The highest BCUT2D eigenvalue weighted by Gasteiger charge is 2.41. The lowest BCUT2D eigenvalue weighted by molar-refractivity contribution is -0.181. The minimum absolute atomic E-state index is 0.107. The molecule has 1 aromatic heterocycles. The Hall–Kier alpha value is -3.97. The highest BCUT2D eigenvalue weighted by Crippen LogP contribution is 2.40. The first-order chi connectivity index (χ1) is 19.8. The first kappa shape index (κ1) is 31.0. The molecule has 3 aromatic rings. The van der Waals surface area contributed by atoms with E-state index in [9.17, 15) is 36.3 Å². The first-order valence-corrected chi connectivity index (χ1v) is 13.0. The van der Waals surface area contributed by atoms with E-state index in [0.717, 1.165) is 16.8 Å². The molecule has 3 N–H and O–H groups in total. The zero-order valence-corrected chi connectivity index (χ0v) is 22.6. The Kier molecular flexibility index (Phi) is 9.52. The molecule has 14 heteroatoms. The number of amides is 2. The molecule has 8 nitrogen and oxygen atoms in total. The van der Waals surface area contributed by atoms with Crippen LogP contribution in [-0.2, 0) is 16.0 Å². The molecule has 1 aliphatic rings. The highest BCUT2D eigenvalue weighted by atomic mass is 35.5. The second-order valence-corrected chi connectivity index (χ2v) is 9.99. The van der Waals surface area contributed by atoms with E-state index in [1.165, 1.54) is 42.5 Å². The first-order valence-electron chi connectivity index (χ1n) is 12.6. The second kappa shape index (κ2) is 12.9. The van der Waals surface area contributed by atoms with E-state index in [2.05, 4.69) is 5.32 Å². The molecule has 0 bridgehead atoms. The van der Waals surface area contributed by atoms with Gasteiger partial charge >= 0.3 is 6.18 Å². The highest BCUT2D eigenvalue weighted by molar-refractivity contribution is 6.30. The third-order valence-electron chi connectivity index (χ3n) is 6.63. The van der Waals surface area contributed by atoms with Crippen LogP contribution >= 0.6 is 11.6 Å². The molecule has 2 aromatic carbocycles. The van der Waals surface area contributed by atoms with Gasteiger partial charge in [-0.2, -0.15) is 13.2 Å². The minimum Gasteiger partial charge on any atom is -0.491 e. The summed E-state index contributed by atoms with van der Waals surface area (Å²) in [6.07, 6.45) is -6.88. The maximum absolute atomic E-state index is 13.8. The van der Waals surface area contributed by atoms with Crippen LogP contribution in [0.1, 0.15) is 28.4 Å². The molecule has 42 heavy (non-hydrogen) atoms. The van der Waals surface area contributed by atoms with Gasteiger partial charge in [-0.3, -0.25) is 19.0 Å². The Morgan fingerprint density at radius 2 is 1.83 bits per heavy atom. The van der Waals surface area contributed by atoms with Crippen molar-refractivity contribution in [1.29, 1.82) is 0 Å². The molecule has 0 saturated carbocycles. The molecular weight excluding hydrogens is 589 g/mol. The van der Waals surface area contributed by atoms with Gasteiger partial charge in [0.1, 0.15) is 25.0 Å². The number of hydrogen-bond donors (Lipinski definition) is 2. The summed E-state index contributed by atoms with van der Waals surface area (Å²) < 4.78 is 78.0. The topological polar surface area (TPSA) is 113 Å². The number of carbonyl (C=O) groups excluding carboxylic acids is 2. The Labute approximate surface area is 241 Å². The van der Waals surface area contributed by atoms with Gasteiger partial charge in [0.05, 0.1) is 12.1 Å². The molecule has 1 unspecified atom stereocenters. The zero-order valence-electron chi connectivity index (χ0n) is 21.8. The lowest BCUT2D eigenvalue weighted by Gasteiger charge is -2.27. The smallest absolute Gasteiger partial charge is 0.395 e. The molecule has 1 aliphatic heterocycles. The number of hydrogen-bond acceptors (Lipinski definition) is 5. The van der Waals surface area contributed by atoms with Gasteiger partial charge in [-0.05, 0) is 53.9 Å². The van der Waals surface area contributed by atoms with Gasteiger partial charge in [-0.25, -0.2) is 8.78 Å². The van der Waals surface area contributed by atoms with Crippen LogP contribution in [0.2, 0.25) is 5.02 Å². The number of rotatable bonds is 9. The Balaban J connectivity index is 1.74. The summed E-state index contributed by atoms with van der Waals surface area (Å²) in [6.45, 7) is -2.00. The number of nitrogens with two attached hydrogens (primary N) is 1. The number of primary amides is 1. The van der Waals surface area contributed by atoms with Crippen molar-refractivity contribution in [2.75, 3.05) is 25.1 Å². The number of carbonyl (C=O) groups is 2. The quantitative estimate of drug-likeness (QED) is 0.253. The fourth-order valence-electron chi connectivity index (χ4n) is 4.51. The van der Waals surface area contributed by atoms with E-state index < -0.39 is 61.6 Å². The van der Waals surface area contributed by atoms with Crippen LogP contribution < -0.4 is 21.3 Å². The number of benzene rings is 2. The number of nitrogens with zero attached hydrogens (tertiary/aromatic N) is 1. The Bertz CT molecular complexity index is 1510. The number of alkyl halides is 5. The SMILES string of the molecule is NC(=O)c1ccc(NC(=O)C(CCOCC(F)F)n2cc3c(cc2=O)-c2cc(Cl)ccc2C[C@@H](C(F)(F)F)CO3)cc1. The summed E-state index contributed by atoms with van der Waals surface area (Å²) in [4.78, 5) is 38.1. The molecule has 0 aliphatic carbocycles. The number of halogens is 6. The van der Waals surface area contributed by atoms with Crippen molar-refractivity contribution < 1.29 is 41.0 Å². The number of nitrogens with one attached hydrogen (secondary N) is 1. The Morgan fingerprint density at radius 3 is 2.48 bits per heavy atom. The lowest BCUT2D eigenvalue weighted by Crippen LogP contribution is -2.35. The number of aromatic nitrogens is 1. The number of pyridine rings is 1. The van der Waals surface area contributed by atoms with Crippen molar-refractivity contribution in [2.24, 2.45) is 11.7 Å². The fourth-order valence-corrected chi connectivity index (χ4v) is 4.68. The molecule has 2 heterocycles. The summed E-state index contributed by atoms with van der Waals surface area (Å²) in [5.41, 5.74) is 5.68. The molecular formula is C28H25ClF5N3O5. The van der Waals surface area contributed by atoms with Gasteiger partial charge < -0.3 is 20.5 Å². The predicted octanol–water partition coefficient (Wildman–Crippen LogP) is 5.23. The van der Waals surface area contributed by atoms with Crippen molar-refractivity contribution >= 4 is 29.1 Å². The van der Waals surface area contributed by atoms with Crippen LogP contribution in [0, 0.1) is 5.92 Å². The van der Waals surface area contributed by atoms with E-state index >= 15 is 0 Å². The van der Waals surface area contributed by atoms with Crippen molar-refractivity contribution in [3.05, 3.63) is 81.2 Å². The summed E-state index contributed by atoms with van der Waals surface area (Å²) in [5, 5.41) is 2.80. The maximum Gasteiger partial charge on any atom is 0.395 e. The number of fused-ring (bicyclic) bond motifs is 3. The van der Waals surface area contributed by atoms with Crippen molar-refractivity contribution in [1.82, 2.24) is 4.57 Å². The molecule has 224 valence electrons. The largest absolute Gasteiger partial charge is 0.491 e. The van der Waals surface area contributed by atoms with Gasteiger partial charge in [0.2, 0.25) is 11.8 Å². The van der Waals surface area contributed by atoms with Crippen LogP contribution in [0.15, 0.2) is 59.5 Å². The van der Waals surface area contributed by atoms with Gasteiger partial charge in [-0.1, -0.05) is 17.7 Å². The average Bonchev–Trinajstić information content (AvgIpc) is 2.91. The van der Waals surface area contributed by atoms with Gasteiger partial charge in [0, 0.05) is 40.9 Å². The van der Waals surface area contributed by atoms with Crippen LogP contribution in [-0.4, -0.2) is 48.8 Å². The molecule has 0 saturated heterocycles. The van der Waals surface area contributed by atoms with Gasteiger partial charge in [0.25, 0.3) is 12.0 Å². The molecule has 0 spiro atoms. The molecule has 4 rings (SSSR count). The van der Waals surface area contributed by atoms with E-state index in [0.29, 0.717) is 5.56 Å². The van der Waals surface area contributed by atoms with Crippen molar-refractivity contribution in [3.63, 3.8) is 0 Å². The van der Waals surface area contributed by atoms with Crippen LogP contribution in [0.3, 0.4) is 0 Å². The van der Waals surface area contributed by atoms with Gasteiger partial charge in [0.15, 0.2) is 0 Å². The molecule has 2 amide bonds. The van der Waals surface area contributed by atoms with E-state index in [1.54, 1.807) is 0 Å². The van der Waals surface area contributed by atoms with E-state index in [4.69, 9.17) is 26.8 Å². The third kappa shape index (κ3) is 7.45. The summed E-state index contributed by atoms with van der Waals surface area (Å²) in [6, 6.07) is 9.64. The van der Waals surface area contributed by atoms with Crippen LogP contribution in [0.5, 0.6) is 5.75 Å².